The minimum atomic E-state index is -0.169. The third-order valence-corrected chi connectivity index (χ3v) is 7.97. The summed E-state index contributed by atoms with van der Waals surface area (Å²) in [7, 11) is 10.1. The van der Waals surface area contributed by atoms with Crippen LogP contribution >= 0.6 is 0 Å². The Labute approximate surface area is 282 Å². The van der Waals surface area contributed by atoms with Crippen LogP contribution in [0.3, 0.4) is 0 Å². The first-order chi connectivity index (χ1) is 23.8. The minimum Gasteiger partial charge on any atom is -0.493 e. The quantitative estimate of drug-likeness (QED) is 0.193. The highest BCUT2D eigenvalue weighted by Crippen LogP contribution is 2.35. The van der Waals surface area contributed by atoms with Crippen molar-refractivity contribution in [3.8, 4) is 51.4 Å². The van der Waals surface area contributed by atoms with Crippen molar-refractivity contribution < 1.29 is 23.7 Å². The van der Waals surface area contributed by atoms with Gasteiger partial charge in [0.25, 0.3) is 5.56 Å². The topological polar surface area (TPSA) is 128 Å². The maximum absolute atomic E-state index is 12.2. The van der Waals surface area contributed by atoms with E-state index in [1.54, 1.807) is 58.8 Å². The normalized spacial score (nSPS) is 10.8. The number of imidazole rings is 2. The molecule has 7 rings (SSSR count). The molecule has 0 radical (unpaired) electrons. The van der Waals surface area contributed by atoms with E-state index in [1.807, 2.05) is 84.4 Å². The molecule has 0 fully saturated rings. The van der Waals surface area contributed by atoms with Crippen LogP contribution in [-0.4, -0.2) is 57.5 Å². The van der Waals surface area contributed by atoms with Crippen molar-refractivity contribution in [1.82, 2.24) is 29.1 Å². The average Bonchev–Trinajstić information content (AvgIpc) is 3.72. The average molecular weight is 661 g/mol. The van der Waals surface area contributed by atoms with E-state index in [-0.39, 0.29) is 5.56 Å². The number of H-pyrrole nitrogens is 1. The molecule has 49 heavy (non-hydrogen) atoms. The molecule has 0 unspecified atom stereocenters. The Hall–Kier alpha value is -6.30. The molecular formula is C37H36N6O6. The number of aromatic amines is 1. The number of pyridine rings is 2. The summed E-state index contributed by atoms with van der Waals surface area (Å²) in [5.74, 6) is 3.12. The SMILES string of the molecule is COc1ccc(-c2cc3ncn(C)c3c(=O)[nH]2)cc1OC.COc1ccc(-c2cc3ncn(C)c3c(OCc3ccccc3)n2)cc1OC. The first-order valence-electron chi connectivity index (χ1n) is 15.3. The van der Waals surface area contributed by atoms with Crippen LogP contribution in [0.1, 0.15) is 5.56 Å². The summed E-state index contributed by atoms with van der Waals surface area (Å²) in [6.07, 6.45) is 3.39. The summed E-state index contributed by atoms with van der Waals surface area (Å²) in [6.45, 7) is 0.434. The summed E-state index contributed by atoms with van der Waals surface area (Å²) in [6, 6.07) is 25.0. The van der Waals surface area contributed by atoms with Crippen LogP contribution in [0.2, 0.25) is 0 Å². The molecular weight excluding hydrogens is 624 g/mol. The lowest BCUT2D eigenvalue weighted by atomic mass is 10.1. The summed E-state index contributed by atoms with van der Waals surface area (Å²) >= 11 is 0. The number of ether oxygens (including phenoxy) is 5. The Bertz CT molecular complexity index is 2290. The number of hydrogen-bond acceptors (Lipinski definition) is 9. The monoisotopic (exact) mass is 660 g/mol. The zero-order valence-electron chi connectivity index (χ0n) is 28.1. The van der Waals surface area contributed by atoms with E-state index in [2.05, 4.69) is 15.0 Å². The number of methoxy groups -OCH3 is 4. The van der Waals surface area contributed by atoms with Gasteiger partial charge < -0.3 is 37.8 Å². The highest BCUT2D eigenvalue weighted by molar-refractivity contribution is 5.85. The number of benzene rings is 3. The molecule has 0 aliphatic heterocycles. The number of nitrogens with one attached hydrogen (secondary N) is 1. The van der Waals surface area contributed by atoms with Crippen molar-refractivity contribution in [2.24, 2.45) is 14.1 Å². The molecule has 250 valence electrons. The van der Waals surface area contributed by atoms with Crippen LogP contribution in [0.15, 0.2) is 96.3 Å². The Balaban J connectivity index is 0.000000177. The van der Waals surface area contributed by atoms with Gasteiger partial charge in [0.2, 0.25) is 5.88 Å². The van der Waals surface area contributed by atoms with Crippen LogP contribution in [0, 0.1) is 0 Å². The van der Waals surface area contributed by atoms with E-state index in [0.717, 1.165) is 33.4 Å². The number of rotatable bonds is 9. The lowest BCUT2D eigenvalue weighted by Gasteiger charge is -2.12. The molecule has 0 aliphatic carbocycles. The summed E-state index contributed by atoms with van der Waals surface area (Å²) in [5.41, 5.74) is 6.98. The molecule has 0 amide bonds. The third kappa shape index (κ3) is 6.75. The smallest absolute Gasteiger partial charge is 0.274 e. The number of nitrogens with zero attached hydrogens (tertiary/aromatic N) is 5. The number of fused-ring (bicyclic) bond motifs is 2. The highest BCUT2D eigenvalue weighted by Gasteiger charge is 2.15. The van der Waals surface area contributed by atoms with Crippen LogP contribution in [0.5, 0.6) is 28.9 Å². The third-order valence-electron chi connectivity index (χ3n) is 7.97. The fourth-order valence-corrected chi connectivity index (χ4v) is 5.45. The van der Waals surface area contributed by atoms with E-state index in [9.17, 15) is 4.79 Å². The summed E-state index contributed by atoms with van der Waals surface area (Å²) in [4.78, 5) is 28.5. The first-order valence-corrected chi connectivity index (χ1v) is 15.3. The summed E-state index contributed by atoms with van der Waals surface area (Å²) < 4.78 is 30.9. The number of aromatic nitrogens is 6. The number of aryl methyl sites for hydroxylation is 2. The molecule has 0 spiro atoms. The van der Waals surface area contributed by atoms with Crippen LogP contribution in [0.4, 0.5) is 0 Å². The second kappa shape index (κ2) is 14.2. The van der Waals surface area contributed by atoms with E-state index >= 15 is 0 Å². The predicted molar refractivity (Wildman–Crippen MR) is 188 cm³/mol. The van der Waals surface area contributed by atoms with Gasteiger partial charge in [-0.3, -0.25) is 4.79 Å². The van der Waals surface area contributed by atoms with Crippen molar-refractivity contribution in [3.05, 3.63) is 107 Å². The molecule has 0 saturated carbocycles. The highest BCUT2D eigenvalue weighted by atomic mass is 16.5. The molecule has 0 bridgehead atoms. The maximum Gasteiger partial charge on any atom is 0.274 e. The maximum atomic E-state index is 12.2. The van der Waals surface area contributed by atoms with Gasteiger partial charge in [0, 0.05) is 25.2 Å². The van der Waals surface area contributed by atoms with Gasteiger partial charge in [0.1, 0.15) is 17.6 Å². The number of hydrogen-bond donors (Lipinski definition) is 1. The van der Waals surface area contributed by atoms with Crippen molar-refractivity contribution in [2.75, 3.05) is 28.4 Å². The minimum absolute atomic E-state index is 0.169. The molecule has 1 N–H and O–H groups in total. The van der Waals surface area contributed by atoms with Crippen LogP contribution < -0.4 is 29.2 Å². The molecule has 7 aromatic rings. The first kappa shape index (κ1) is 32.6. The van der Waals surface area contributed by atoms with Gasteiger partial charge in [0.05, 0.1) is 63.5 Å². The van der Waals surface area contributed by atoms with Crippen LogP contribution in [-0.2, 0) is 20.7 Å². The zero-order valence-corrected chi connectivity index (χ0v) is 28.1. The second-order valence-electron chi connectivity index (χ2n) is 11.1. The zero-order chi connectivity index (χ0) is 34.5. The predicted octanol–water partition coefficient (Wildman–Crippen LogP) is 6.18. The van der Waals surface area contributed by atoms with Gasteiger partial charge in [-0.15, -0.1) is 0 Å². The Morgan fingerprint density at radius 3 is 1.86 bits per heavy atom. The van der Waals surface area contributed by atoms with Gasteiger partial charge in [-0.05, 0) is 54.1 Å². The Morgan fingerprint density at radius 2 is 1.22 bits per heavy atom. The molecule has 4 heterocycles. The van der Waals surface area contributed by atoms with E-state index < -0.39 is 0 Å². The fourth-order valence-electron chi connectivity index (χ4n) is 5.45. The van der Waals surface area contributed by atoms with Crippen molar-refractivity contribution in [3.63, 3.8) is 0 Å². The molecule has 3 aromatic carbocycles. The fraction of sp³-hybridized carbons (Fsp3) is 0.189. The Kier molecular flexibility index (Phi) is 9.47. The molecule has 12 nitrogen and oxygen atoms in total. The van der Waals surface area contributed by atoms with Gasteiger partial charge in [-0.25, -0.2) is 15.0 Å². The molecule has 4 aromatic heterocycles. The molecule has 12 heteroatoms. The lowest BCUT2D eigenvalue weighted by Crippen LogP contribution is -2.10. The summed E-state index contributed by atoms with van der Waals surface area (Å²) in [5, 5.41) is 0. The lowest BCUT2D eigenvalue weighted by molar-refractivity contribution is 0.297. The molecule has 0 aliphatic rings. The molecule has 0 atom stereocenters. The van der Waals surface area contributed by atoms with Crippen molar-refractivity contribution in [2.45, 2.75) is 6.61 Å². The van der Waals surface area contributed by atoms with Gasteiger partial charge >= 0.3 is 0 Å². The van der Waals surface area contributed by atoms with Gasteiger partial charge in [0.15, 0.2) is 23.0 Å². The van der Waals surface area contributed by atoms with Gasteiger partial charge in [-0.1, -0.05) is 30.3 Å². The van der Waals surface area contributed by atoms with E-state index in [0.29, 0.717) is 52.2 Å². The van der Waals surface area contributed by atoms with E-state index in [1.165, 1.54) is 0 Å². The largest absolute Gasteiger partial charge is 0.493 e. The van der Waals surface area contributed by atoms with E-state index in [4.69, 9.17) is 28.7 Å². The van der Waals surface area contributed by atoms with Crippen molar-refractivity contribution >= 4 is 22.1 Å². The van der Waals surface area contributed by atoms with Crippen molar-refractivity contribution in [1.29, 1.82) is 0 Å². The second-order valence-corrected chi connectivity index (χ2v) is 11.1. The Morgan fingerprint density at radius 1 is 0.653 bits per heavy atom. The molecule has 0 saturated heterocycles. The standard InChI is InChI=1S/C22H21N3O3.C15H15N3O3/c1-25-14-23-18-12-17(16-9-10-19(26-2)20(11-16)27-3)24-22(21(18)25)28-13-15-7-5-4-6-8-15;1-18-8-16-11-7-10(17-15(19)14(11)18)9-4-5-12(20-2)13(6-9)21-3/h4-12,14H,13H2,1-3H3;4-8H,1-3H3,(H,17,19). The van der Waals surface area contributed by atoms with Gasteiger partial charge in [-0.2, -0.15) is 0 Å². The van der Waals surface area contributed by atoms with Crippen LogP contribution in [0.25, 0.3) is 44.6 Å².